The Hall–Kier alpha value is -1.04. The molecule has 0 unspecified atom stereocenters. The van der Waals surface area contributed by atoms with Crippen LogP contribution in [0.3, 0.4) is 0 Å². The highest BCUT2D eigenvalue weighted by molar-refractivity contribution is 7.99. The van der Waals surface area contributed by atoms with Gasteiger partial charge in [0.25, 0.3) is 0 Å². The first-order valence-electron chi connectivity index (χ1n) is 7.96. The lowest BCUT2D eigenvalue weighted by Crippen LogP contribution is -2.41. The van der Waals surface area contributed by atoms with Gasteiger partial charge in [-0.15, -0.1) is 10.2 Å². The average molecular weight is 308 g/mol. The summed E-state index contributed by atoms with van der Waals surface area (Å²) < 4.78 is 2.04. The maximum Gasteiger partial charge on any atom is 0.230 e. The molecule has 0 saturated heterocycles. The van der Waals surface area contributed by atoms with Crippen molar-refractivity contribution < 1.29 is 4.79 Å². The van der Waals surface area contributed by atoms with E-state index in [0.29, 0.717) is 23.6 Å². The van der Waals surface area contributed by atoms with E-state index in [-0.39, 0.29) is 5.91 Å². The number of carbonyl (C=O) groups excluding carboxylic acids is 1. The van der Waals surface area contributed by atoms with Gasteiger partial charge in [0, 0.05) is 19.0 Å². The highest BCUT2D eigenvalue weighted by atomic mass is 32.2. The fourth-order valence-electron chi connectivity index (χ4n) is 3.06. The maximum absolute atomic E-state index is 12.1. The molecule has 1 aromatic heterocycles. The number of thioether (sulfide) groups is 1. The Morgan fingerprint density at radius 3 is 2.76 bits per heavy atom. The van der Waals surface area contributed by atoms with Crippen LogP contribution < -0.4 is 5.32 Å². The molecule has 0 spiro atoms. The fraction of sp³-hybridized carbons (Fsp3) is 0.800. The van der Waals surface area contributed by atoms with Crippen LogP contribution in [0.15, 0.2) is 5.16 Å². The van der Waals surface area contributed by atoms with E-state index in [2.05, 4.69) is 22.4 Å². The predicted molar refractivity (Wildman–Crippen MR) is 83.3 cm³/mol. The Morgan fingerprint density at radius 1 is 1.29 bits per heavy atom. The van der Waals surface area contributed by atoms with Crippen molar-refractivity contribution in [1.29, 1.82) is 0 Å². The molecule has 1 amide bonds. The van der Waals surface area contributed by atoms with E-state index in [0.717, 1.165) is 17.4 Å². The van der Waals surface area contributed by atoms with E-state index >= 15 is 0 Å². The zero-order valence-electron chi connectivity index (χ0n) is 12.8. The second-order valence-corrected chi connectivity index (χ2v) is 7.34. The average Bonchev–Trinajstić information content (AvgIpc) is 3.24. The number of nitrogens with zero attached hydrogens (tertiary/aromatic N) is 3. The van der Waals surface area contributed by atoms with Crippen LogP contribution in [0, 0.1) is 5.92 Å². The fourth-order valence-corrected chi connectivity index (χ4v) is 3.79. The molecule has 0 aromatic carbocycles. The monoisotopic (exact) mass is 308 g/mol. The van der Waals surface area contributed by atoms with E-state index < -0.39 is 0 Å². The largest absolute Gasteiger partial charge is 0.352 e. The van der Waals surface area contributed by atoms with Crippen LogP contribution in [-0.2, 0) is 11.8 Å². The summed E-state index contributed by atoms with van der Waals surface area (Å²) in [4.78, 5) is 12.1. The molecule has 2 saturated carbocycles. The van der Waals surface area contributed by atoms with Crippen molar-refractivity contribution >= 4 is 17.7 Å². The zero-order chi connectivity index (χ0) is 14.8. The molecule has 5 nitrogen and oxygen atoms in total. The van der Waals surface area contributed by atoms with E-state index in [4.69, 9.17) is 0 Å². The zero-order valence-corrected chi connectivity index (χ0v) is 13.7. The molecular weight excluding hydrogens is 284 g/mol. The van der Waals surface area contributed by atoms with Crippen LogP contribution in [0.5, 0.6) is 0 Å². The van der Waals surface area contributed by atoms with Crippen molar-refractivity contribution in [3.8, 4) is 0 Å². The molecule has 2 fully saturated rings. The third kappa shape index (κ3) is 3.59. The van der Waals surface area contributed by atoms with Gasteiger partial charge >= 0.3 is 0 Å². The van der Waals surface area contributed by atoms with Gasteiger partial charge in [-0.25, -0.2) is 0 Å². The van der Waals surface area contributed by atoms with Gasteiger partial charge in [0.2, 0.25) is 5.91 Å². The van der Waals surface area contributed by atoms with E-state index in [1.165, 1.54) is 43.9 Å². The molecule has 1 heterocycles. The van der Waals surface area contributed by atoms with Crippen molar-refractivity contribution in [3.05, 3.63) is 5.82 Å². The Morgan fingerprint density at radius 2 is 2.05 bits per heavy atom. The molecule has 2 aliphatic rings. The molecule has 116 valence electrons. The number of rotatable bonds is 5. The number of hydrogen-bond donors (Lipinski definition) is 1. The first-order chi connectivity index (χ1) is 10.1. The highest BCUT2D eigenvalue weighted by Crippen LogP contribution is 2.39. The van der Waals surface area contributed by atoms with E-state index in [1.54, 1.807) is 0 Å². The van der Waals surface area contributed by atoms with E-state index in [1.807, 2.05) is 11.6 Å². The summed E-state index contributed by atoms with van der Waals surface area (Å²) in [5.41, 5.74) is 0. The maximum atomic E-state index is 12.1. The van der Waals surface area contributed by atoms with Gasteiger partial charge in [-0.2, -0.15) is 0 Å². The van der Waals surface area contributed by atoms with Crippen molar-refractivity contribution in [3.63, 3.8) is 0 Å². The third-order valence-corrected chi connectivity index (χ3v) is 5.62. The summed E-state index contributed by atoms with van der Waals surface area (Å²) in [7, 11) is 2.00. The van der Waals surface area contributed by atoms with Gasteiger partial charge in [0.1, 0.15) is 5.82 Å². The van der Waals surface area contributed by atoms with Gasteiger partial charge in [0.05, 0.1) is 5.75 Å². The molecule has 2 atom stereocenters. The lowest BCUT2D eigenvalue weighted by Gasteiger charge is -2.29. The SMILES string of the molecule is C[C@@H]1CCCC[C@H]1NC(=O)CSc1nnc(C2CC2)n1C. The summed E-state index contributed by atoms with van der Waals surface area (Å²) >= 11 is 1.49. The normalized spacial score (nSPS) is 25.8. The number of carbonyl (C=O) groups is 1. The van der Waals surface area contributed by atoms with Crippen LogP contribution >= 0.6 is 11.8 Å². The van der Waals surface area contributed by atoms with Crippen LogP contribution in [0.25, 0.3) is 0 Å². The van der Waals surface area contributed by atoms with Crippen LogP contribution in [-0.4, -0.2) is 32.5 Å². The second-order valence-electron chi connectivity index (χ2n) is 6.40. The molecule has 0 radical (unpaired) electrons. The van der Waals surface area contributed by atoms with Crippen LogP contribution in [0.1, 0.15) is 57.2 Å². The topological polar surface area (TPSA) is 59.8 Å². The molecule has 3 rings (SSSR count). The Balaban J connectivity index is 1.49. The first-order valence-corrected chi connectivity index (χ1v) is 8.95. The smallest absolute Gasteiger partial charge is 0.230 e. The summed E-state index contributed by atoms with van der Waals surface area (Å²) in [5, 5.41) is 12.5. The van der Waals surface area contributed by atoms with Gasteiger partial charge < -0.3 is 9.88 Å². The summed E-state index contributed by atoms with van der Waals surface area (Å²) in [6.45, 7) is 2.24. The minimum atomic E-state index is 0.120. The van der Waals surface area contributed by atoms with Crippen LogP contribution in [0.4, 0.5) is 0 Å². The van der Waals surface area contributed by atoms with Gasteiger partial charge in [-0.1, -0.05) is 31.5 Å². The number of amides is 1. The first kappa shape index (κ1) is 14.9. The predicted octanol–water partition coefficient (Wildman–Crippen LogP) is 2.48. The lowest BCUT2D eigenvalue weighted by atomic mass is 9.86. The molecular formula is C15H24N4OS. The van der Waals surface area contributed by atoms with Crippen molar-refractivity contribution in [2.24, 2.45) is 13.0 Å². The lowest BCUT2D eigenvalue weighted by molar-refractivity contribution is -0.119. The van der Waals surface area contributed by atoms with Crippen molar-refractivity contribution in [2.45, 2.75) is 62.6 Å². The van der Waals surface area contributed by atoms with Gasteiger partial charge in [0.15, 0.2) is 5.16 Å². The van der Waals surface area contributed by atoms with Crippen molar-refractivity contribution in [1.82, 2.24) is 20.1 Å². The molecule has 21 heavy (non-hydrogen) atoms. The highest BCUT2D eigenvalue weighted by Gasteiger charge is 2.29. The summed E-state index contributed by atoms with van der Waals surface area (Å²) in [5.74, 6) is 2.81. The van der Waals surface area contributed by atoms with E-state index in [9.17, 15) is 4.79 Å². The number of hydrogen-bond acceptors (Lipinski definition) is 4. The molecule has 0 aliphatic heterocycles. The van der Waals surface area contributed by atoms with Crippen LogP contribution in [0.2, 0.25) is 0 Å². The summed E-state index contributed by atoms with van der Waals surface area (Å²) in [6.07, 6.45) is 7.31. The summed E-state index contributed by atoms with van der Waals surface area (Å²) in [6, 6.07) is 0.355. The molecule has 1 aromatic rings. The molecule has 1 N–H and O–H groups in total. The molecule has 6 heteroatoms. The second kappa shape index (κ2) is 6.38. The number of nitrogens with one attached hydrogen (secondary N) is 1. The Bertz CT molecular complexity index is 512. The Kier molecular flexibility index (Phi) is 4.52. The van der Waals surface area contributed by atoms with Gasteiger partial charge in [-0.05, 0) is 31.6 Å². The minimum Gasteiger partial charge on any atom is -0.352 e. The molecule has 2 aliphatic carbocycles. The third-order valence-electron chi connectivity index (χ3n) is 4.60. The van der Waals surface area contributed by atoms with Crippen molar-refractivity contribution in [2.75, 3.05) is 5.75 Å². The minimum absolute atomic E-state index is 0.120. The quantitative estimate of drug-likeness (QED) is 0.849. The standard InChI is InChI=1S/C15H24N4OS/c1-10-5-3-4-6-12(10)16-13(20)9-21-15-18-17-14(19(15)2)11-7-8-11/h10-12H,3-9H2,1-2H3,(H,16,20)/t10-,12-/m1/s1. The Labute approximate surface area is 130 Å². The number of aromatic nitrogens is 3. The molecule has 0 bridgehead atoms. The van der Waals surface area contributed by atoms with Gasteiger partial charge in [-0.3, -0.25) is 4.79 Å².